The highest BCUT2D eigenvalue weighted by atomic mass is 16.2. The Hall–Kier alpha value is -3.67. The molecule has 0 aliphatic carbocycles. The molecule has 2 N–H and O–H groups in total. The molecular formula is C19H14N4O2. The number of anilines is 1. The van der Waals surface area contributed by atoms with Crippen molar-refractivity contribution in [1.82, 2.24) is 14.5 Å². The second-order valence-electron chi connectivity index (χ2n) is 5.53. The second-order valence-corrected chi connectivity index (χ2v) is 5.53. The van der Waals surface area contributed by atoms with Crippen LogP contribution in [-0.2, 0) is 0 Å². The molecule has 4 rings (SSSR count). The van der Waals surface area contributed by atoms with Crippen LogP contribution in [0.15, 0.2) is 78.1 Å². The molecule has 0 unspecified atom stereocenters. The summed E-state index contributed by atoms with van der Waals surface area (Å²) in [5, 5.41) is 3.40. The van der Waals surface area contributed by atoms with Crippen LogP contribution in [-0.4, -0.2) is 20.4 Å². The van der Waals surface area contributed by atoms with Crippen molar-refractivity contribution in [3.05, 3.63) is 89.2 Å². The fourth-order valence-electron chi connectivity index (χ4n) is 2.72. The summed E-state index contributed by atoms with van der Waals surface area (Å²) in [4.78, 5) is 31.9. The van der Waals surface area contributed by atoms with Gasteiger partial charge in [-0.1, -0.05) is 24.3 Å². The lowest BCUT2D eigenvalue weighted by Gasteiger charge is -2.11. The molecule has 0 aliphatic rings. The number of carbonyl (C=O) groups excluding carboxylic acids is 1. The number of aromatic amines is 1. The number of benzene rings is 2. The predicted octanol–water partition coefficient (Wildman–Crippen LogP) is 2.97. The zero-order chi connectivity index (χ0) is 17.2. The van der Waals surface area contributed by atoms with E-state index in [9.17, 15) is 9.59 Å². The van der Waals surface area contributed by atoms with Gasteiger partial charge in [0, 0.05) is 29.4 Å². The van der Waals surface area contributed by atoms with Crippen LogP contribution in [0.25, 0.3) is 16.6 Å². The molecule has 25 heavy (non-hydrogen) atoms. The lowest BCUT2D eigenvalue weighted by atomic mass is 10.2. The molecule has 0 aliphatic heterocycles. The third kappa shape index (κ3) is 2.81. The zero-order valence-corrected chi connectivity index (χ0v) is 13.1. The quantitative estimate of drug-likeness (QED) is 0.606. The average Bonchev–Trinajstić information content (AvgIpc) is 3.16. The summed E-state index contributed by atoms with van der Waals surface area (Å²) in [6.45, 7) is 0. The summed E-state index contributed by atoms with van der Waals surface area (Å²) in [5.41, 5.74) is 2.06. The van der Waals surface area contributed by atoms with Crippen LogP contribution in [0.2, 0.25) is 0 Å². The van der Waals surface area contributed by atoms with Crippen molar-refractivity contribution in [3.8, 4) is 5.69 Å². The molecule has 2 aromatic heterocycles. The number of imidazole rings is 1. The monoisotopic (exact) mass is 330 g/mol. The third-order valence-electron chi connectivity index (χ3n) is 3.92. The molecule has 0 spiro atoms. The number of carbonyl (C=O) groups is 1. The van der Waals surface area contributed by atoms with Gasteiger partial charge in [0.25, 0.3) is 5.91 Å². The third-order valence-corrected chi connectivity index (χ3v) is 3.92. The predicted molar refractivity (Wildman–Crippen MR) is 96.1 cm³/mol. The molecule has 2 heterocycles. The molecule has 1 amide bonds. The number of pyridine rings is 1. The Morgan fingerprint density at radius 3 is 2.72 bits per heavy atom. The molecule has 6 heteroatoms. The van der Waals surface area contributed by atoms with Gasteiger partial charge in [-0.25, -0.2) is 4.98 Å². The SMILES string of the molecule is O=C(Nc1ccccc1-n1ccnc1)c1cc(=O)c2ccccc2[nH]1. The number of hydrogen-bond acceptors (Lipinski definition) is 3. The minimum Gasteiger partial charge on any atom is -0.350 e. The van der Waals surface area contributed by atoms with Crippen molar-refractivity contribution in [3.63, 3.8) is 0 Å². The number of hydrogen-bond donors (Lipinski definition) is 2. The highest BCUT2D eigenvalue weighted by Crippen LogP contribution is 2.20. The van der Waals surface area contributed by atoms with E-state index in [1.54, 1.807) is 47.6 Å². The number of amides is 1. The standard InChI is InChI=1S/C19H14N4O2/c24-18-11-16(21-14-6-2-1-5-13(14)18)19(25)22-15-7-3-4-8-17(15)23-10-9-20-12-23/h1-12H,(H,21,24)(H,22,25). The largest absolute Gasteiger partial charge is 0.350 e. The van der Waals surface area contributed by atoms with E-state index in [4.69, 9.17) is 0 Å². The molecule has 2 aromatic carbocycles. The summed E-state index contributed by atoms with van der Waals surface area (Å²) in [6, 6.07) is 15.8. The van der Waals surface area contributed by atoms with E-state index < -0.39 is 0 Å². The Bertz CT molecular complexity index is 1110. The van der Waals surface area contributed by atoms with Gasteiger partial charge in [-0.05, 0) is 24.3 Å². The number of nitrogens with one attached hydrogen (secondary N) is 2. The summed E-state index contributed by atoms with van der Waals surface area (Å²) < 4.78 is 1.80. The van der Waals surface area contributed by atoms with Crippen molar-refractivity contribution < 1.29 is 4.79 Å². The molecule has 0 fully saturated rings. The topological polar surface area (TPSA) is 79.8 Å². The molecule has 0 bridgehead atoms. The smallest absolute Gasteiger partial charge is 0.272 e. The van der Waals surface area contributed by atoms with E-state index in [0.717, 1.165) is 5.69 Å². The number of rotatable bonds is 3. The van der Waals surface area contributed by atoms with Gasteiger partial charge in [0.05, 0.1) is 17.7 Å². The van der Waals surface area contributed by atoms with Crippen molar-refractivity contribution in [2.45, 2.75) is 0 Å². The van der Waals surface area contributed by atoms with E-state index in [1.807, 2.05) is 24.3 Å². The first kappa shape index (κ1) is 14.9. The highest BCUT2D eigenvalue weighted by Gasteiger charge is 2.12. The van der Waals surface area contributed by atoms with Crippen molar-refractivity contribution in [2.75, 3.05) is 5.32 Å². The van der Waals surface area contributed by atoms with Crippen molar-refractivity contribution in [2.24, 2.45) is 0 Å². The maximum atomic E-state index is 12.6. The summed E-state index contributed by atoms with van der Waals surface area (Å²) >= 11 is 0. The van der Waals surface area contributed by atoms with Gasteiger partial charge in [-0.3, -0.25) is 9.59 Å². The van der Waals surface area contributed by atoms with Gasteiger partial charge < -0.3 is 14.9 Å². The van der Waals surface area contributed by atoms with Gasteiger partial charge >= 0.3 is 0 Å². The number of aromatic nitrogens is 3. The van der Waals surface area contributed by atoms with Crippen molar-refractivity contribution >= 4 is 22.5 Å². The Morgan fingerprint density at radius 1 is 1.08 bits per heavy atom. The van der Waals surface area contributed by atoms with E-state index in [0.29, 0.717) is 16.6 Å². The average molecular weight is 330 g/mol. The van der Waals surface area contributed by atoms with Gasteiger partial charge in [0.1, 0.15) is 5.69 Å². The normalized spacial score (nSPS) is 10.7. The molecule has 6 nitrogen and oxygen atoms in total. The number of para-hydroxylation sites is 3. The zero-order valence-electron chi connectivity index (χ0n) is 13.1. The Morgan fingerprint density at radius 2 is 1.88 bits per heavy atom. The van der Waals surface area contributed by atoms with Crippen LogP contribution in [0.1, 0.15) is 10.5 Å². The minimum absolute atomic E-state index is 0.192. The van der Waals surface area contributed by atoms with E-state index in [-0.39, 0.29) is 17.0 Å². The van der Waals surface area contributed by atoms with Gasteiger partial charge in [0.15, 0.2) is 5.43 Å². The molecule has 0 atom stereocenters. The van der Waals surface area contributed by atoms with E-state index >= 15 is 0 Å². The van der Waals surface area contributed by atoms with Crippen molar-refractivity contribution in [1.29, 1.82) is 0 Å². The summed E-state index contributed by atoms with van der Waals surface area (Å²) in [5.74, 6) is -0.379. The van der Waals surface area contributed by atoms with Crippen LogP contribution < -0.4 is 10.7 Å². The lowest BCUT2D eigenvalue weighted by molar-refractivity contribution is 0.102. The number of nitrogens with zero attached hydrogens (tertiary/aromatic N) is 2. The second kappa shape index (κ2) is 6.09. The molecule has 0 radical (unpaired) electrons. The summed E-state index contributed by atoms with van der Waals surface area (Å²) in [6.07, 6.45) is 5.12. The first-order valence-electron chi connectivity index (χ1n) is 7.73. The maximum absolute atomic E-state index is 12.6. The molecule has 0 saturated carbocycles. The van der Waals surface area contributed by atoms with Crippen LogP contribution in [0, 0.1) is 0 Å². The van der Waals surface area contributed by atoms with Gasteiger partial charge in [-0.2, -0.15) is 0 Å². The van der Waals surface area contributed by atoms with E-state index in [2.05, 4.69) is 15.3 Å². The summed E-state index contributed by atoms with van der Waals surface area (Å²) in [7, 11) is 0. The van der Waals surface area contributed by atoms with Gasteiger partial charge in [-0.15, -0.1) is 0 Å². The highest BCUT2D eigenvalue weighted by molar-refractivity contribution is 6.05. The number of fused-ring (bicyclic) bond motifs is 1. The Balaban J connectivity index is 1.71. The molecule has 0 saturated heterocycles. The maximum Gasteiger partial charge on any atom is 0.272 e. The molecule has 4 aromatic rings. The first-order chi connectivity index (χ1) is 12.2. The Kier molecular flexibility index (Phi) is 3.63. The van der Waals surface area contributed by atoms with Gasteiger partial charge in [0.2, 0.25) is 0 Å². The van der Waals surface area contributed by atoms with E-state index in [1.165, 1.54) is 6.07 Å². The first-order valence-corrected chi connectivity index (χ1v) is 7.73. The fraction of sp³-hybridized carbons (Fsp3) is 0. The van der Waals surface area contributed by atoms with Crippen LogP contribution in [0.5, 0.6) is 0 Å². The number of H-pyrrole nitrogens is 1. The molecular weight excluding hydrogens is 316 g/mol. The van der Waals surface area contributed by atoms with Crippen LogP contribution in [0.4, 0.5) is 5.69 Å². The van der Waals surface area contributed by atoms with Crippen LogP contribution in [0.3, 0.4) is 0 Å². The minimum atomic E-state index is -0.379. The van der Waals surface area contributed by atoms with Crippen LogP contribution >= 0.6 is 0 Å². The lowest BCUT2D eigenvalue weighted by Crippen LogP contribution is -2.18. The fourth-order valence-corrected chi connectivity index (χ4v) is 2.72. The Labute approximate surface area is 142 Å². The molecule has 122 valence electrons.